The van der Waals surface area contributed by atoms with Crippen LogP contribution in [-0.2, 0) is 4.79 Å². The summed E-state index contributed by atoms with van der Waals surface area (Å²) in [4.78, 5) is 38.9. The van der Waals surface area contributed by atoms with Crippen LogP contribution in [0.3, 0.4) is 0 Å². The fraction of sp³-hybridized carbons (Fsp3) is 0.316. The monoisotopic (exact) mass is 341 g/mol. The van der Waals surface area contributed by atoms with Crippen LogP contribution in [0.25, 0.3) is 0 Å². The molecule has 1 aromatic heterocycles. The van der Waals surface area contributed by atoms with E-state index in [9.17, 15) is 14.4 Å². The fourth-order valence-corrected chi connectivity index (χ4v) is 2.46. The van der Waals surface area contributed by atoms with Crippen LogP contribution in [0, 0.1) is 19.8 Å². The summed E-state index contributed by atoms with van der Waals surface area (Å²) in [5.74, 6) is -0.723. The molecule has 0 unspecified atom stereocenters. The highest BCUT2D eigenvalue weighted by molar-refractivity contribution is 6.01. The molecule has 0 spiro atoms. The van der Waals surface area contributed by atoms with E-state index in [1.807, 2.05) is 26.8 Å². The topological polar surface area (TPSA) is 91.1 Å². The van der Waals surface area contributed by atoms with Crippen LogP contribution in [0.5, 0.6) is 0 Å². The van der Waals surface area contributed by atoms with Crippen LogP contribution in [0.15, 0.2) is 41.3 Å². The number of pyridine rings is 1. The first-order chi connectivity index (χ1) is 11.8. The number of H-pyrrole nitrogens is 1. The van der Waals surface area contributed by atoms with Gasteiger partial charge in [-0.05, 0) is 37.5 Å². The van der Waals surface area contributed by atoms with Crippen LogP contribution in [0.4, 0.5) is 5.69 Å². The van der Waals surface area contributed by atoms with Crippen molar-refractivity contribution in [1.82, 2.24) is 10.3 Å². The Labute approximate surface area is 146 Å². The smallest absolute Gasteiger partial charge is 0.251 e. The van der Waals surface area contributed by atoms with Crippen molar-refractivity contribution in [2.75, 3.05) is 5.32 Å². The largest absolute Gasteiger partial charge is 0.340 e. The summed E-state index contributed by atoms with van der Waals surface area (Å²) in [5.41, 5.74) is 2.43. The van der Waals surface area contributed by atoms with Crippen molar-refractivity contribution < 1.29 is 9.59 Å². The van der Waals surface area contributed by atoms with Crippen molar-refractivity contribution in [2.24, 2.45) is 5.92 Å². The van der Waals surface area contributed by atoms with Crippen molar-refractivity contribution in [1.29, 1.82) is 0 Å². The van der Waals surface area contributed by atoms with Crippen molar-refractivity contribution in [3.63, 3.8) is 0 Å². The number of rotatable bonds is 5. The van der Waals surface area contributed by atoms with E-state index >= 15 is 0 Å². The number of amides is 2. The van der Waals surface area contributed by atoms with Crippen molar-refractivity contribution in [3.8, 4) is 0 Å². The molecule has 1 heterocycles. The minimum atomic E-state index is -0.695. The Hall–Kier alpha value is -2.89. The zero-order valence-electron chi connectivity index (χ0n) is 14.8. The first-order valence-electron chi connectivity index (χ1n) is 8.15. The van der Waals surface area contributed by atoms with E-state index in [4.69, 9.17) is 0 Å². The molecule has 132 valence electrons. The molecule has 0 saturated heterocycles. The van der Waals surface area contributed by atoms with Gasteiger partial charge in [0.1, 0.15) is 6.04 Å². The summed E-state index contributed by atoms with van der Waals surface area (Å²) < 4.78 is 0. The molecule has 0 aliphatic carbocycles. The molecule has 0 aliphatic rings. The van der Waals surface area contributed by atoms with Crippen LogP contribution in [0.1, 0.15) is 35.3 Å². The van der Waals surface area contributed by atoms with Crippen LogP contribution in [0.2, 0.25) is 0 Å². The minimum absolute atomic E-state index is 0.100. The lowest BCUT2D eigenvalue weighted by Gasteiger charge is -2.22. The molecule has 2 aromatic rings. The molecule has 25 heavy (non-hydrogen) atoms. The maximum atomic E-state index is 12.6. The highest BCUT2D eigenvalue weighted by Gasteiger charge is 2.25. The Kier molecular flexibility index (Phi) is 5.75. The van der Waals surface area contributed by atoms with E-state index in [1.165, 1.54) is 12.3 Å². The molecular weight excluding hydrogens is 318 g/mol. The normalized spacial score (nSPS) is 11.9. The van der Waals surface area contributed by atoms with Crippen molar-refractivity contribution >= 4 is 17.5 Å². The Morgan fingerprint density at radius 2 is 1.84 bits per heavy atom. The first kappa shape index (κ1) is 18.4. The number of carbonyl (C=O) groups excluding carboxylic acids is 2. The van der Waals surface area contributed by atoms with Crippen LogP contribution < -0.4 is 16.2 Å². The predicted molar refractivity (Wildman–Crippen MR) is 97.7 cm³/mol. The molecule has 0 bridgehead atoms. The number of anilines is 1. The SMILES string of the molecule is Cc1cccc(C(=O)N[C@H](C(=O)Nc2c[nH]c(=O)cc2C)C(C)C)c1. The van der Waals surface area contributed by atoms with E-state index in [0.717, 1.165) is 5.56 Å². The molecule has 0 saturated carbocycles. The van der Waals surface area contributed by atoms with Gasteiger partial charge in [-0.3, -0.25) is 14.4 Å². The molecule has 2 amide bonds. The summed E-state index contributed by atoms with van der Waals surface area (Å²) in [6, 6.07) is 7.91. The summed E-state index contributed by atoms with van der Waals surface area (Å²) in [7, 11) is 0. The molecule has 0 fully saturated rings. The van der Waals surface area contributed by atoms with Gasteiger partial charge in [-0.1, -0.05) is 31.5 Å². The first-order valence-corrected chi connectivity index (χ1v) is 8.15. The lowest BCUT2D eigenvalue weighted by Crippen LogP contribution is -2.47. The number of carbonyl (C=O) groups is 2. The van der Waals surface area contributed by atoms with Gasteiger partial charge < -0.3 is 15.6 Å². The number of benzene rings is 1. The summed E-state index contributed by atoms with van der Waals surface area (Å²) in [6.07, 6.45) is 1.45. The Morgan fingerprint density at radius 3 is 2.44 bits per heavy atom. The number of aromatic amines is 1. The third kappa shape index (κ3) is 4.79. The van der Waals surface area contributed by atoms with E-state index in [0.29, 0.717) is 16.8 Å². The Morgan fingerprint density at radius 1 is 1.12 bits per heavy atom. The molecule has 6 heteroatoms. The maximum Gasteiger partial charge on any atom is 0.251 e. The summed E-state index contributed by atoms with van der Waals surface area (Å²) >= 11 is 0. The van der Waals surface area contributed by atoms with Gasteiger partial charge >= 0.3 is 0 Å². The second kappa shape index (κ2) is 7.79. The van der Waals surface area contributed by atoms with Gasteiger partial charge in [-0.25, -0.2) is 0 Å². The third-order valence-corrected chi connectivity index (χ3v) is 3.91. The zero-order valence-corrected chi connectivity index (χ0v) is 14.8. The quantitative estimate of drug-likeness (QED) is 0.780. The molecule has 3 N–H and O–H groups in total. The summed E-state index contributed by atoms with van der Waals surface area (Å²) in [5, 5.41) is 5.55. The lowest BCUT2D eigenvalue weighted by molar-refractivity contribution is -0.118. The van der Waals surface area contributed by atoms with Crippen LogP contribution in [-0.4, -0.2) is 22.8 Å². The van der Waals surface area contributed by atoms with Gasteiger partial charge in [0.2, 0.25) is 11.5 Å². The number of aryl methyl sites for hydroxylation is 2. The lowest BCUT2D eigenvalue weighted by atomic mass is 10.0. The predicted octanol–water partition coefficient (Wildman–Crippen LogP) is 2.38. The number of hydrogen-bond acceptors (Lipinski definition) is 3. The molecule has 1 aromatic carbocycles. The third-order valence-electron chi connectivity index (χ3n) is 3.91. The average molecular weight is 341 g/mol. The number of hydrogen-bond donors (Lipinski definition) is 3. The van der Waals surface area contributed by atoms with Crippen molar-refractivity contribution in [3.05, 3.63) is 63.6 Å². The molecular formula is C19H23N3O3. The van der Waals surface area contributed by atoms with Crippen molar-refractivity contribution in [2.45, 2.75) is 33.7 Å². The molecule has 0 radical (unpaired) electrons. The maximum absolute atomic E-state index is 12.6. The highest BCUT2D eigenvalue weighted by atomic mass is 16.2. The minimum Gasteiger partial charge on any atom is -0.340 e. The second-order valence-corrected chi connectivity index (χ2v) is 6.45. The van der Waals surface area contributed by atoms with Crippen LogP contribution >= 0.6 is 0 Å². The highest BCUT2D eigenvalue weighted by Crippen LogP contribution is 2.13. The standard InChI is InChI=1S/C19H23N3O3/c1-11(2)17(22-18(24)14-7-5-6-12(3)8-14)19(25)21-15-10-20-16(23)9-13(15)4/h5-11,17H,1-4H3,(H,20,23)(H,21,25)(H,22,24)/t17-/m0/s1. The van der Waals surface area contributed by atoms with Gasteiger partial charge in [0, 0.05) is 17.8 Å². The molecule has 1 atom stereocenters. The Balaban J connectivity index is 2.15. The van der Waals surface area contributed by atoms with Gasteiger partial charge in [-0.2, -0.15) is 0 Å². The van der Waals surface area contributed by atoms with Gasteiger partial charge in [-0.15, -0.1) is 0 Å². The molecule has 2 rings (SSSR count). The molecule has 6 nitrogen and oxygen atoms in total. The van der Waals surface area contributed by atoms with E-state index < -0.39 is 6.04 Å². The van der Waals surface area contributed by atoms with E-state index in [1.54, 1.807) is 25.1 Å². The average Bonchev–Trinajstić information content (AvgIpc) is 2.54. The van der Waals surface area contributed by atoms with Gasteiger partial charge in [0.05, 0.1) is 5.69 Å². The van der Waals surface area contributed by atoms with E-state index in [-0.39, 0.29) is 23.3 Å². The molecule has 0 aliphatic heterocycles. The van der Waals surface area contributed by atoms with Gasteiger partial charge in [0.15, 0.2) is 0 Å². The van der Waals surface area contributed by atoms with E-state index in [2.05, 4.69) is 15.6 Å². The Bertz CT molecular complexity index is 840. The summed E-state index contributed by atoms with van der Waals surface area (Å²) in [6.45, 7) is 7.36. The second-order valence-electron chi connectivity index (χ2n) is 6.45. The fourth-order valence-electron chi connectivity index (χ4n) is 2.46. The number of nitrogens with one attached hydrogen (secondary N) is 3. The number of aromatic nitrogens is 1. The van der Waals surface area contributed by atoms with Gasteiger partial charge in [0.25, 0.3) is 5.91 Å². The zero-order chi connectivity index (χ0) is 18.6.